The Hall–Kier alpha value is -1.61. The van der Waals surface area contributed by atoms with Crippen molar-refractivity contribution in [2.45, 2.75) is 20.8 Å². The van der Waals surface area contributed by atoms with Crippen LogP contribution in [0.2, 0.25) is 0 Å². The van der Waals surface area contributed by atoms with Crippen LogP contribution in [-0.2, 0) is 4.79 Å². The van der Waals surface area contributed by atoms with Gasteiger partial charge in [-0.25, -0.2) is 5.84 Å². The summed E-state index contributed by atoms with van der Waals surface area (Å²) in [5.74, 6) is 5.95. The van der Waals surface area contributed by atoms with E-state index in [2.05, 4.69) is 6.58 Å². The summed E-state index contributed by atoms with van der Waals surface area (Å²) < 4.78 is 0. The van der Waals surface area contributed by atoms with E-state index in [0.717, 1.165) is 11.3 Å². The van der Waals surface area contributed by atoms with Crippen molar-refractivity contribution in [2.75, 3.05) is 0 Å². The third kappa shape index (κ3) is 2.31. The molecule has 1 heterocycles. The van der Waals surface area contributed by atoms with Gasteiger partial charge in [0.15, 0.2) is 0 Å². The minimum absolute atomic E-state index is 0.118. The molecular formula is C13H18N2O. The summed E-state index contributed by atoms with van der Waals surface area (Å²) >= 11 is 0. The molecule has 0 aromatic carbocycles. The fraction of sp³-hybridized carbons (Fsp3) is 0.308. The van der Waals surface area contributed by atoms with Gasteiger partial charge in [-0.3, -0.25) is 9.80 Å². The maximum Gasteiger partial charge on any atom is 0.139 e. The molecule has 0 saturated heterocycles. The number of ketones is 1. The van der Waals surface area contributed by atoms with Gasteiger partial charge in [0, 0.05) is 11.6 Å². The number of nitrogens with two attached hydrogens (primary N) is 1. The third-order valence-electron chi connectivity index (χ3n) is 2.90. The van der Waals surface area contributed by atoms with Gasteiger partial charge in [0.1, 0.15) is 5.78 Å². The van der Waals surface area contributed by atoms with E-state index >= 15 is 0 Å². The molecule has 1 aliphatic heterocycles. The summed E-state index contributed by atoms with van der Waals surface area (Å²) in [5, 5.41) is 1.50. The number of hydrogen-bond acceptors (Lipinski definition) is 3. The van der Waals surface area contributed by atoms with E-state index in [1.165, 1.54) is 5.01 Å². The molecule has 2 N–H and O–H groups in total. The maximum atomic E-state index is 11.5. The van der Waals surface area contributed by atoms with Crippen molar-refractivity contribution in [2.24, 2.45) is 11.3 Å². The lowest BCUT2D eigenvalue weighted by atomic mass is 9.80. The van der Waals surface area contributed by atoms with Crippen molar-refractivity contribution in [1.82, 2.24) is 5.01 Å². The SMILES string of the molecule is C=C/C=C1/C=CC(C(C)(C)C(C)=O)=CN1N. The summed E-state index contributed by atoms with van der Waals surface area (Å²) in [6.07, 6.45) is 9.05. The van der Waals surface area contributed by atoms with Crippen LogP contribution in [0.25, 0.3) is 0 Å². The van der Waals surface area contributed by atoms with Crippen LogP contribution in [0.15, 0.2) is 48.4 Å². The van der Waals surface area contributed by atoms with Gasteiger partial charge in [-0.15, -0.1) is 0 Å². The molecule has 0 saturated carbocycles. The first-order valence-corrected chi connectivity index (χ1v) is 5.17. The topological polar surface area (TPSA) is 46.3 Å². The Morgan fingerprint density at radius 1 is 1.50 bits per heavy atom. The molecule has 0 radical (unpaired) electrons. The molecule has 3 heteroatoms. The van der Waals surface area contributed by atoms with Gasteiger partial charge < -0.3 is 0 Å². The van der Waals surface area contributed by atoms with Crippen LogP contribution >= 0.6 is 0 Å². The molecular weight excluding hydrogens is 200 g/mol. The smallest absolute Gasteiger partial charge is 0.139 e. The van der Waals surface area contributed by atoms with E-state index < -0.39 is 5.41 Å². The Bertz CT molecular complexity index is 400. The van der Waals surface area contributed by atoms with Crippen LogP contribution in [-0.4, -0.2) is 10.8 Å². The van der Waals surface area contributed by atoms with Gasteiger partial charge in [-0.05, 0) is 38.5 Å². The van der Waals surface area contributed by atoms with E-state index in [1.54, 1.807) is 19.2 Å². The second-order valence-corrected chi connectivity index (χ2v) is 4.33. The van der Waals surface area contributed by atoms with E-state index in [-0.39, 0.29) is 5.78 Å². The van der Waals surface area contributed by atoms with Crippen molar-refractivity contribution in [3.8, 4) is 0 Å². The first-order valence-electron chi connectivity index (χ1n) is 5.17. The second-order valence-electron chi connectivity index (χ2n) is 4.33. The van der Waals surface area contributed by atoms with Crippen molar-refractivity contribution < 1.29 is 4.79 Å². The molecule has 0 spiro atoms. The minimum Gasteiger partial charge on any atom is -0.299 e. The van der Waals surface area contributed by atoms with Gasteiger partial charge in [0.25, 0.3) is 0 Å². The molecule has 0 fully saturated rings. The number of Topliss-reactive ketones (excluding diaryl/α,β-unsaturated/α-hetero) is 1. The van der Waals surface area contributed by atoms with Crippen LogP contribution in [0.1, 0.15) is 20.8 Å². The summed E-state index contributed by atoms with van der Waals surface area (Å²) in [5.41, 5.74) is 1.25. The zero-order valence-electron chi connectivity index (χ0n) is 10.0. The van der Waals surface area contributed by atoms with Crippen molar-refractivity contribution in [3.05, 3.63) is 48.4 Å². The van der Waals surface area contributed by atoms with Gasteiger partial charge in [-0.2, -0.15) is 0 Å². The maximum absolute atomic E-state index is 11.5. The zero-order chi connectivity index (χ0) is 12.3. The molecule has 86 valence electrons. The predicted octanol–water partition coefficient (Wildman–Crippen LogP) is 2.30. The molecule has 0 aromatic heterocycles. The highest BCUT2D eigenvalue weighted by Gasteiger charge is 2.28. The molecule has 0 unspecified atom stereocenters. The van der Waals surface area contributed by atoms with Gasteiger partial charge >= 0.3 is 0 Å². The molecule has 0 aliphatic carbocycles. The Morgan fingerprint density at radius 2 is 2.12 bits per heavy atom. The summed E-state index contributed by atoms with van der Waals surface area (Å²) in [7, 11) is 0. The van der Waals surface area contributed by atoms with Gasteiger partial charge in [0.2, 0.25) is 0 Å². The van der Waals surface area contributed by atoms with E-state index in [9.17, 15) is 4.79 Å². The molecule has 3 nitrogen and oxygen atoms in total. The van der Waals surface area contributed by atoms with Gasteiger partial charge in [0.05, 0.1) is 5.70 Å². The Labute approximate surface area is 96.6 Å². The van der Waals surface area contributed by atoms with E-state index in [4.69, 9.17) is 5.84 Å². The first kappa shape index (κ1) is 12.5. The summed E-state index contributed by atoms with van der Waals surface area (Å²) in [6, 6.07) is 0. The fourth-order valence-electron chi connectivity index (χ4n) is 1.36. The summed E-state index contributed by atoms with van der Waals surface area (Å²) in [6.45, 7) is 8.99. The highest BCUT2D eigenvalue weighted by Crippen LogP contribution is 2.31. The number of allylic oxidation sites excluding steroid dienone is 5. The molecule has 16 heavy (non-hydrogen) atoms. The fourth-order valence-corrected chi connectivity index (χ4v) is 1.36. The third-order valence-corrected chi connectivity index (χ3v) is 2.90. The summed E-state index contributed by atoms with van der Waals surface area (Å²) in [4.78, 5) is 11.5. The molecule has 0 aromatic rings. The number of carbonyl (C=O) groups excluding carboxylic acids is 1. The van der Waals surface area contributed by atoms with Crippen LogP contribution < -0.4 is 5.84 Å². The number of hydrogen-bond donors (Lipinski definition) is 1. The van der Waals surface area contributed by atoms with Crippen molar-refractivity contribution in [1.29, 1.82) is 0 Å². The lowest BCUT2D eigenvalue weighted by Crippen LogP contribution is -2.31. The molecule has 0 bridgehead atoms. The normalized spacial score (nSPS) is 18.6. The van der Waals surface area contributed by atoms with Crippen molar-refractivity contribution in [3.63, 3.8) is 0 Å². The lowest BCUT2D eigenvalue weighted by Gasteiger charge is -2.28. The van der Waals surface area contributed by atoms with Crippen LogP contribution in [0.5, 0.6) is 0 Å². The number of rotatable bonds is 3. The average Bonchev–Trinajstić information content (AvgIpc) is 2.21. The highest BCUT2D eigenvalue weighted by molar-refractivity contribution is 5.85. The quantitative estimate of drug-likeness (QED) is 0.739. The zero-order valence-corrected chi connectivity index (χ0v) is 10.0. The lowest BCUT2D eigenvalue weighted by molar-refractivity contribution is -0.123. The van der Waals surface area contributed by atoms with Crippen LogP contribution in [0.3, 0.4) is 0 Å². The minimum atomic E-state index is -0.506. The largest absolute Gasteiger partial charge is 0.299 e. The predicted molar refractivity (Wildman–Crippen MR) is 66.0 cm³/mol. The Balaban J connectivity index is 3.03. The number of nitrogens with zero attached hydrogens (tertiary/aromatic N) is 1. The number of hydrazine groups is 1. The number of carbonyl (C=O) groups is 1. The Morgan fingerprint density at radius 3 is 2.56 bits per heavy atom. The first-order chi connectivity index (χ1) is 7.39. The molecule has 1 aliphatic rings. The van der Waals surface area contributed by atoms with E-state index in [1.807, 2.05) is 32.1 Å². The molecule has 1 rings (SSSR count). The Kier molecular flexibility index (Phi) is 3.50. The monoisotopic (exact) mass is 218 g/mol. The van der Waals surface area contributed by atoms with E-state index in [0.29, 0.717) is 0 Å². The highest BCUT2D eigenvalue weighted by atomic mass is 16.1. The van der Waals surface area contributed by atoms with Crippen LogP contribution in [0.4, 0.5) is 0 Å². The van der Waals surface area contributed by atoms with Gasteiger partial charge in [-0.1, -0.05) is 18.7 Å². The van der Waals surface area contributed by atoms with Crippen molar-refractivity contribution >= 4 is 5.78 Å². The second kappa shape index (κ2) is 4.49. The van der Waals surface area contributed by atoms with Crippen LogP contribution in [0, 0.1) is 5.41 Å². The molecule has 0 amide bonds. The molecule has 0 atom stereocenters. The average molecular weight is 218 g/mol. The standard InChI is InChI=1S/C13H18N2O/c1-5-6-12-8-7-11(9-15(12)14)13(3,4)10(2)16/h5-9H,1,14H2,2-4H3/b12-6-.